The van der Waals surface area contributed by atoms with Gasteiger partial charge in [0.15, 0.2) is 0 Å². The topological polar surface area (TPSA) is 0 Å². The second-order valence-electron chi connectivity index (χ2n) is 1.56. The first-order valence-electron chi connectivity index (χ1n) is 3.34. The molecule has 0 saturated carbocycles. The average Bonchev–Trinajstić information content (AvgIpc) is 1.96. The maximum absolute atomic E-state index is 9.50. The number of halogens is 1. The van der Waals surface area contributed by atoms with E-state index in [0.717, 1.165) is 11.1 Å². The van der Waals surface area contributed by atoms with Crippen LogP contribution in [0.15, 0.2) is 24.3 Å². The third-order valence-corrected chi connectivity index (χ3v) is 0.729. The molecule has 0 unspecified atom stereocenters. The van der Waals surface area contributed by atoms with Crippen LogP contribution in [0.25, 0.3) is 0 Å². The van der Waals surface area contributed by atoms with Crippen molar-refractivity contribution >= 4 is 0 Å². The third kappa shape index (κ3) is 26.2. The van der Waals surface area contributed by atoms with E-state index in [2.05, 4.69) is 13.2 Å². The van der Waals surface area contributed by atoms with Crippen molar-refractivity contribution in [3.05, 3.63) is 24.3 Å². The van der Waals surface area contributed by atoms with Crippen LogP contribution in [0.4, 0.5) is 4.39 Å². The van der Waals surface area contributed by atoms with Gasteiger partial charge in [-0.3, -0.25) is 4.39 Å². The number of alkyl halides is 1. The van der Waals surface area contributed by atoms with Crippen LogP contribution < -0.4 is 0 Å². The zero-order chi connectivity index (χ0) is 9.15. The second kappa shape index (κ2) is 15.8. The van der Waals surface area contributed by atoms with E-state index in [1.165, 1.54) is 0 Å². The molecule has 0 saturated heterocycles. The molecule has 0 atom stereocenters. The summed E-state index contributed by atoms with van der Waals surface area (Å²) < 4.78 is 9.50. The molecule has 0 aliphatic rings. The van der Waals surface area contributed by atoms with Crippen LogP contribution in [0.3, 0.4) is 0 Å². The highest BCUT2D eigenvalue weighted by atomic mass is 19.1. The molecule has 0 aliphatic carbocycles. The smallest absolute Gasteiger partial charge is 0.0785 e. The monoisotopic (exact) mass is 146 g/mol. The van der Waals surface area contributed by atoms with E-state index < -0.39 is 0 Å². The first-order chi connectivity index (χ1) is 4.64. The standard InChI is InChI=1S/C6H10.C2H6.CH3F/c1-5(2)6(3)4;2*1-2/h1,3H2,2,4H3;1-2H3;1H3. The number of hydrogen-bond acceptors (Lipinski definition) is 0. The Balaban J connectivity index is -0.000000105. The molecule has 0 aromatic rings. The predicted molar refractivity (Wildman–Crippen MR) is 48.0 cm³/mol. The summed E-state index contributed by atoms with van der Waals surface area (Å²) in [7, 11) is 0.500. The van der Waals surface area contributed by atoms with Crippen molar-refractivity contribution in [1.29, 1.82) is 0 Å². The average molecular weight is 146 g/mol. The quantitative estimate of drug-likeness (QED) is 0.494. The molecule has 0 aromatic heterocycles. The van der Waals surface area contributed by atoms with Gasteiger partial charge < -0.3 is 0 Å². The third-order valence-electron chi connectivity index (χ3n) is 0.729. The van der Waals surface area contributed by atoms with Gasteiger partial charge in [-0.05, 0) is 13.8 Å². The molecule has 62 valence electrons. The molecule has 10 heavy (non-hydrogen) atoms. The molecule has 0 aromatic carbocycles. The first kappa shape index (κ1) is 16.2. The van der Waals surface area contributed by atoms with Crippen molar-refractivity contribution in [2.75, 3.05) is 7.18 Å². The zero-order valence-electron chi connectivity index (χ0n) is 7.79. The van der Waals surface area contributed by atoms with Gasteiger partial charge in [-0.25, -0.2) is 0 Å². The van der Waals surface area contributed by atoms with Gasteiger partial charge in [0.05, 0.1) is 7.18 Å². The molecule has 0 fully saturated rings. The van der Waals surface area contributed by atoms with Crippen LogP contribution in [0, 0.1) is 0 Å². The normalized spacial score (nSPS) is 5.80. The summed E-state index contributed by atoms with van der Waals surface area (Å²) in [6.07, 6.45) is 0. The Hall–Kier alpha value is -0.590. The Morgan fingerprint density at radius 1 is 0.900 bits per heavy atom. The fraction of sp³-hybridized carbons (Fsp3) is 0.556. The molecular formula is C9H19F. The van der Waals surface area contributed by atoms with Gasteiger partial charge >= 0.3 is 0 Å². The number of hydrogen-bond donors (Lipinski definition) is 0. The fourth-order valence-electron chi connectivity index (χ4n) is 0. The number of allylic oxidation sites excluding steroid dienone is 2. The van der Waals surface area contributed by atoms with Crippen molar-refractivity contribution in [2.45, 2.75) is 27.7 Å². The van der Waals surface area contributed by atoms with Gasteiger partial charge in [0.1, 0.15) is 0 Å². The van der Waals surface area contributed by atoms with E-state index in [1.54, 1.807) is 0 Å². The lowest BCUT2D eigenvalue weighted by molar-refractivity contribution is 0.636. The van der Waals surface area contributed by atoms with E-state index in [1.807, 2.05) is 27.7 Å². The molecule has 0 rings (SSSR count). The van der Waals surface area contributed by atoms with E-state index in [4.69, 9.17) is 0 Å². The Labute approximate surface area is 64.5 Å². The van der Waals surface area contributed by atoms with E-state index >= 15 is 0 Å². The highest BCUT2D eigenvalue weighted by Gasteiger charge is 1.77. The lowest BCUT2D eigenvalue weighted by Crippen LogP contribution is -1.67. The van der Waals surface area contributed by atoms with Crippen LogP contribution in [-0.4, -0.2) is 7.18 Å². The molecule has 0 radical (unpaired) electrons. The Bertz CT molecular complexity index is 70.7. The summed E-state index contributed by atoms with van der Waals surface area (Å²) in [5, 5.41) is 0. The molecule has 0 heterocycles. The zero-order valence-corrected chi connectivity index (χ0v) is 7.79. The van der Waals surface area contributed by atoms with Crippen molar-refractivity contribution in [3.8, 4) is 0 Å². The number of rotatable bonds is 1. The van der Waals surface area contributed by atoms with Crippen molar-refractivity contribution in [2.24, 2.45) is 0 Å². The highest BCUT2D eigenvalue weighted by Crippen LogP contribution is 1.98. The summed E-state index contributed by atoms with van der Waals surface area (Å²) in [4.78, 5) is 0. The van der Waals surface area contributed by atoms with Gasteiger partial charge in [-0.15, -0.1) is 0 Å². The maximum Gasteiger partial charge on any atom is 0.0785 e. The molecule has 0 spiro atoms. The first-order valence-corrected chi connectivity index (χ1v) is 3.34. The highest BCUT2D eigenvalue weighted by molar-refractivity contribution is 5.19. The van der Waals surface area contributed by atoms with Crippen LogP contribution in [0.2, 0.25) is 0 Å². The molecule has 0 aliphatic heterocycles. The molecule has 1 heteroatoms. The van der Waals surface area contributed by atoms with Crippen LogP contribution in [-0.2, 0) is 0 Å². The van der Waals surface area contributed by atoms with Crippen molar-refractivity contribution < 1.29 is 4.39 Å². The summed E-state index contributed by atoms with van der Waals surface area (Å²) in [5.74, 6) is 0. The summed E-state index contributed by atoms with van der Waals surface area (Å²) in [6.45, 7) is 15.2. The van der Waals surface area contributed by atoms with Gasteiger partial charge in [0.2, 0.25) is 0 Å². The molecular weight excluding hydrogens is 127 g/mol. The van der Waals surface area contributed by atoms with Crippen LogP contribution in [0.1, 0.15) is 27.7 Å². The lowest BCUT2D eigenvalue weighted by Gasteiger charge is -1.88. The maximum atomic E-state index is 9.50. The van der Waals surface area contributed by atoms with Crippen molar-refractivity contribution in [3.63, 3.8) is 0 Å². The fourth-order valence-corrected chi connectivity index (χ4v) is 0. The Morgan fingerprint density at radius 2 is 1.00 bits per heavy atom. The summed E-state index contributed by atoms with van der Waals surface area (Å²) in [6, 6.07) is 0. The molecule has 0 amide bonds. The molecule has 0 N–H and O–H groups in total. The van der Waals surface area contributed by atoms with Gasteiger partial charge in [0, 0.05) is 0 Å². The predicted octanol–water partition coefficient (Wildman–Crippen LogP) is 3.75. The largest absolute Gasteiger partial charge is 0.255 e. The second-order valence-corrected chi connectivity index (χ2v) is 1.56. The van der Waals surface area contributed by atoms with E-state index in [-0.39, 0.29) is 0 Å². The Morgan fingerprint density at radius 3 is 1.00 bits per heavy atom. The van der Waals surface area contributed by atoms with Crippen LogP contribution >= 0.6 is 0 Å². The van der Waals surface area contributed by atoms with Gasteiger partial charge in [-0.1, -0.05) is 38.2 Å². The minimum Gasteiger partial charge on any atom is -0.255 e. The summed E-state index contributed by atoms with van der Waals surface area (Å²) in [5.41, 5.74) is 2.13. The summed E-state index contributed by atoms with van der Waals surface area (Å²) >= 11 is 0. The lowest BCUT2D eigenvalue weighted by atomic mass is 10.2. The van der Waals surface area contributed by atoms with Gasteiger partial charge in [-0.2, -0.15) is 0 Å². The van der Waals surface area contributed by atoms with Gasteiger partial charge in [0.25, 0.3) is 0 Å². The van der Waals surface area contributed by atoms with E-state index in [9.17, 15) is 4.39 Å². The SMILES string of the molecule is C=C(C)C(=C)C.CC.CF. The molecule has 0 bridgehead atoms. The van der Waals surface area contributed by atoms with Crippen LogP contribution in [0.5, 0.6) is 0 Å². The molecule has 0 nitrogen and oxygen atoms in total. The Kier molecular flexibility index (Phi) is 25.6. The van der Waals surface area contributed by atoms with Crippen molar-refractivity contribution in [1.82, 2.24) is 0 Å². The van der Waals surface area contributed by atoms with E-state index in [0.29, 0.717) is 7.18 Å². The minimum absolute atomic E-state index is 0.500. The minimum atomic E-state index is 0.500.